The number of nitrogens with zero attached hydrogens (tertiary/aromatic N) is 4. The maximum atomic E-state index is 7.07. The molecule has 24 aromatic rings. The highest BCUT2D eigenvalue weighted by atomic mass is 16.5. The lowest BCUT2D eigenvalue weighted by Crippen LogP contribution is -2.16. The van der Waals surface area contributed by atoms with Gasteiger partial charge in [-0.1, -0.05) is 311 Å². The monoisotopic (exact) mass is 1740 g/mol. The van der Waals surface area contributed by atoms with E-state index in [0.29, 0.717) is 0 Å². The SMILES string of the molecule is CC1(C)c2ccccc2-c2ccc(N(c3ccccc3)c3ccc4c(c3)Oc3cccc5c3c-4cc3c4ccccc4c(-c4ccc(N(c6ccccc6)c6ccccc6)cc4)cc53)cc21.c1ccc(-c2ccccc2N(c2ccc3c(c2)Oc2cccc4c2c-3cc2c3ccccc3c(-c3ccc(N(c5ccccc5)c5ccccc5)cc3)cc42)c2cccc3c2oc2ccccc23)cc1. The first-order valence-corrected chi connectivity index (χ1v) is 46.7. The van der Waals surface area contributed by atoms with E-state index in [1.165, 1.54) is 93.0 Å². The summed E-state index contributed by atoms with van der Waals surface area (Å²) < 4.78 is 20.8. The minimum atomic E-state index is -0.114. The molecule has 0 atom stereocenters. The standard InChI is InChI=1S/C66H42N2O2.C63H44N2O/c1-4-18-43(19-5-1)49-24-12-14-30-60(49)68(61-31-16-29-55-52-27-13-15-32-62(52)70-66(55)61)48-38-39-53-59-42-57-51-26-11-10-25-50(51)56(41-58(57)54-28-17-33-63(65(54)59)69-64(53)40-48)44-34-36-47(37-35-44)67(45-20-6-2-7-21-45)46-22-8-3-9-23-46;1-63(2)58-27-15-14-25-50(58)51-35-33-46(37-59(51)63)65(44-21-10-5-11-22-44)47-34-36-52-57-40-55-49-24-13-12-23-48(49)54(39-56(55)53-26-16-28-60(62(53)57)66-61(52)38-47)41-29-31-45(32-30-41)64(42-17-6-3-7-18-42)43-19-8-4-9-20-43/h1-42H;3-40H,1-2H3. The van der Waals surface area contributed by atoms with Crippen LogP contribution in [0.25, 0.3) is 153 Å². The summed E-state index contributed by atoms with van der Waals surface area (Å²) >= 11 is 0. The summed E-state index contributed by atoms with van der Waals surface area (Å²) in [4.78, 5) is 9.31. The Morgan fingerprint density at radius 2 is 0.507 bits per heavy atom. The largest absolute Gasteiger partial charge is 0.456 e. The molecule has 0 spiro atoms. The van der Waals surface area contributed by atoms with Gasteiger partial charge in [-0.15, -0.1) is 0 Å². The lowest BCUT2D eigenvalue weighted by atomic mass is 9.82. The van der Waals surface area contributed by atoms with Crippen molar-refractivity contribution in [1.29, 1.82) is 0 Å². The Balaban J connectivity index is 0.000000141. The summed E-state index contributed by atoms with van der Waals surface area (Å²) in [5.74, 6) is 3.37. The lowest BCUT2D eigenvalue weighted by molar-refractivity contribution is 0.487. The van der Waals surface area contributed by atoms with Crippen LogP contribution in [0, 0.1) is 0 Å². The zero-order valence-corrected chi connectivity index (χ0v) is 74.7. The molecule has 3 aliphatic rings. The highest BCUT2D eigenvalue weighted by molar-refractivity contribution is 6.28. The van der Waals surface area contributed by atoms with Gasteiger partial charge in [-0.3, -0.25) is 0 Å². The molecule has 1 aromatic heterocycles. The Bertz CT molecular complexity index is 8790. The van der Waals surface area contributed by atoms with Crippen LogP contribution in [0.2, 0.25) is 0 Å². The van der Waals surface area contributed by atoms with Crippen LogP contribution in [0.3, 0.4) is 0 Å². The van der Waals surface area contributed by atoms with Gasteiger partial charge in [0.15, 0.2) is 5.58 Å². The molecular formula is C129H86N4O3. The number of benzene rings is 23. The van der Waals surface area contributed by atoms with Gasteiger partial charge in [-0.25, -0.2) is 0 Å². The minimum Gasteiger partial charge on any atom is -0.456 e. The van der Waals surface area contributed by atoms with Crippen molar-refractivity contribution in [2.45, 2.75) is 19.3 Å². The fraction of sp³-hybridized carbons (Fsp3) is 0.0233. The summed E-state index contributed by atoms with van der Waals surface area (Å²) in [6, 6.07) is 174. The molecule has 0 fully saturated rings. The molecule has 0 N–H and O–H groups in total. The van der Waals surface area contributed by atoms with E-state index >= 15 is 0 Å². The van der Waals surface area contributed by atoms with Crippen molar-refractivity contribution in [3.63, 3.8) is 0 Å². The first-order chi connectivity index (χ1) is 67.2. The van der Waals surface area contributed by atoms with Gasteiger partial charge in [-0.05, 0) is 291 Å². The molecule has 23 aromatic carbocycles. The molecule has 7 nitrogen and oxygen atoms in total. The summed E-state index contributed by atoms with van der Waals surface area (Å²) in [5.41, 5.74) is 31.3. The number of hydrogen-bond acceptors (Lipinski definition) is 7. The summed E-state index contributed by atoms with van der Waals surface area (Å²) in [6.07, 6.45) is 0. The topological polar surface area (TPSA) is 44.6 Å². The Morgan fingerprint density at radius 3 is 1.01 bits per heavy atom. The molecule has 0 amide bonds. The third kappa shape index (κ3) is 13.2. The second kappa shape index (κ2) is 32.4. The van der Waals surface area contributed by atoms with Gasteiger partial charge in [0.1, 0.15) is 28.6 Å². The summed E-state index contributed by atoms with van der Waals surface area (Å²) in [5, 5.41) is 16.5. The van der Waals surface area contributed by atoms with Crippen LogP contribution in [0.5, 0.6) is 23.0 Å². The Labute approximate surface area is 788 Å². The van der Waals surface area contributed by atoms with E-state index in [4.69, 9.17) is 13.9 Å². The van der Waals surface area contributed by atoms with Crippen molar-refractivity contribution in [3.8, 4) is 89.8 Å². The number of fused-ring (bicyclic) bond motifs is 18. The molecule has 7 heteroatoms. The van der Waals surface area contributed by atoms with Gasteiger partial charge in [0.05, 0.1) is 17.1 Å². The van der Waals surface area contributed by atoms with Crippen LogP contribution in [0.4, 0.5) is 68.2 Å². The fourth-order valence-electron chi connectivity index (χ4n) is 21.8. The van der Waals surface area contributed by atoms with Crippen molar-refractivity contribution in [3.05, 3.63) is 496 Å². The zero-order chi connectivity index (χ0) is 90.1. The molecule has 1 aliphatic carbocycles. The second-order valence-electron chi connectivity index (χ2n) is 36.0. The predicted octanol–water partition coefficient (Wildman–Crippen LogP) is 36.9. The smallest absolute Gasteiger partial charge is 0.159 e. The van der Waals surface area contributed by atoms with Crippen molar-refractivity contribution in [2.75, 3.05) is 19.6 Å². The van der Waals surface area contributed by atoms with E-state index in [1.807, 2.05) is 12.1 Å². The number of hydrogen-bond donors (Lipinski definition) is 0. The van der Waals surface area contributed by atoms with E-state index in [-0.39, 0.29) is 5.41 Å². The van der Waals surface area contributed by atoms with Crippen molar-refractivity contribution >= 4 is 155 Å². The van der Waals surface area contributed by atoms with Gasteiger partial charge >= 0.3 is 0 Å². The van der Waals surface area contributed by atoms with Crippen molar-refractivity contribution < 1.29 is 13.9 Å². The normalized spacial score (nSPS) is 12.4. The zero-order valence-electron chi connectivity index (χ0n) is 74.7. The van der Waals surface area contributed by atoms with Crippen molar-refractivity contribution in [2.24, 2.45) is 0 Å². The minimum absolute atomic E-state index is 0.114. The average Bonchev–Trinajstić information content (AvgIpc) is 1.65. The van der Waals surface area contributed by atoms with Gasteiger partial charge in [-0.2, -0.15) is 0 Å². The molecule has 136 heavy (non-hydrogen) atoms. The third-order valence-electron chi connectivity index (χ3n) is 28.0. The highest BCUT2D eigenvalue weighted by Gasteiger charge is 2.37. The van der Waals surface area contributed by atoms with Gasteiger partial charge < -0.3 is 33.5 Å². The maximum absolute atomic E-state index is 7.07. The van der Waals surface area contributed by atoms with E-state index in [9.17, 15) is 0 Å². The lowest BCUT2D eigenvalue weighted by Gasteiger charge is -2.30. The fourth-order valence-corrected chi connectivity index (χ4v) is 21.8. The maximum Gasteiger partial charge on any atom is 0.159 e. The number of ether oxygens (including phenoxy) is 2. The highest BCUT2D eigenvalue weighted by Crippen LogP contribution is 2.58. The van der Waals surface area contributed by atoms with E-state index < -0.39 is 0 Å². The Morgan fingerprint density at radius 1 is 0.176 bits per heavy atom. The van der Waals surface area contributed by atoms with Crippen LogP contribution >= 0.6 is 0 Å². The van der Waals surface area contributed by atoms with Crippen LogP contribution < -0.4 is 29.1 Å². The number of rotatable bonds is 15. The molecule has 0 saturated heterocycles. The number of anilines is 12. The summed E-state index contributed by atoms with van der Waals surface area (Å²) in [7, 11) is 0. The number of furan rings is 1. The molecule has 0 bridgehead atoms. The van der Waals surface area contributed by atoms with Gasteiger partial charge in [0.2, 0.25) is 0 Å². The predicted molar refractivity (Wildman–Crippen MR) is 569 cm³/mol. The van der Waals surface area contributed by atoms with Gasteiger partial charge in [0.25, 0.3) is 0 Å². The molecule has 0 radical (unpaired) electrons. The molecule has 3 heterocycles. The molecule has 640 valence electrons. The van der Waals surface area contributed by atoms with Crippen LogP contribution in [-0.2, 0) is 5.41 Å². The van der Waals surface area contributed by atoms with Crippen molar-refractivity contribution in [1.82, 2.24) is 0 Å². The van der Waals surface area contributed by atoms with E-state index in [1.54, 1.807) is 0 Å². The average molecular weight is 1740 g/mol. The van der Waals surface area contributed by atoms with Gasteiger partial charge in [0, 0.05) is 107 Å². The first-order valence-electron chi connectivity index (χ1n) is 46.7. The van der Waals surface area contributed by atoms with E-state index in [2.05, 4.69) is 507 Å². The Kier molecular flexibility index (Phi) is 18.8. The molecule has 2 aliphatic heterocycles. The van der Waals surface area contributed by atoms with Crippen LogP contribution in [0.15, 0.2) is 490 Å². The second-order valence-corrected chi connectivity index (χ2v) is 36.0. The molecular weight excluding hydrogens is 1650 g/mol. The van der Waals surface area contributed by atoms with Crippen LogP contribution in [-0.4, -0.2) is 0 Å². The van der Waals surface area contributed by atoms with E-state index in [0.717, 1.165) is 163 Å². The molecule has 0 saturated carbocycles. The third-order valence-corrected chi connectivity index (χ3v) is 28.0. The first kappa shape index (κ1) is 79.2. The molecule has 27 rings (SSSR count). The number of para-hydroxylation sites is 8. The Hall–Kier alpha value is -17.8. The van der Waals surface area contributed by atoms with Crippen LogP contribution in [0.1, 0.15) is 25.0 Å². The molecule has 0 unspecified atom stereocenters. The summed E-state index contributed by atoms with van der Waals surface area (Å²) in [6.45, 7) is 4.69. The quantitative estimate of drug-likeness (QED) is 0.0948.